The van der Waals surface area contributed by atoms with Crippen LogP contribution in [0.15, 0.2) is 46.9 Å². The molecule has 2 rings (SSSR count). The lowest BCUT2D eigenvalue weighted by molar-refractivity contribution is 0.100. The van der Waals surface area contributed by atoms with Gasteiger partial charge in [0.1, 0.15) is 0 Å². The molecule has 2 aromatic rings. The molecule has 4 nitrogen and oxygen atoms in total. The van der Waals surface area contributed by atoms with Gasteiger partial charge in [-0.1, -0.05) is 12.1 Å². The molecule has 0 atom stereocenters. The summed E-state index contributed by atoms with van der Waals surface area (Å²) in [7, 11) is 0. The van der Waals surface area contributed by atoms with E-state index in [1.807, 2.05) is 18.2 Å². The van der Waals surface area contributed by atoms with Crippen LogP contribution in [0, 0.1) is 11.3 Å². The minimum Gasteiger partial charge on any atom is -0.380 e. The summed E-state index contributed by atoms with van der Waals surface area (Å²) >= 11 is 3.42. The zero-order valence-electron chi connectivity index (χ0n) is 10.6. The fourth-order valence-electron chi connectivity index (χ4n) is 1.71. The summed E-state index contributed by atoms with van der Waals surface area (Å²) in [6, 6.07) is 14.6. The molecule has 0 aromatic heterocycles. The molecule has 0 fully saturated rings. The standard InChI is InChI=1S/C15H12BrN3O/c16-13-7-11(8-17)3-6-14(13)19-9-10-1-4-12(5-2-10)15(18)20/h1-7,19H,9H2,(H2,18,20). The predicted molar refractivity (Wildman–Crippen MR) is 81.1 cm³/mol. The van der Waals surface area contributed by atoms with Gasteiger partial charge in [-0.15, -0.1) is 0 Å². The summed E-state index contributed by atoms with van der Waals surface area (Å²) in [6.07, 6.45) is 0. The van der Waals surface area contributed by atoms with Crippen LogP contribution in [0.1, 0.15) is 21.5 Å². The Bertz CT molecular complexity index is 675. The molecule has 0 heterocycles. The fourth-order valence-corrected chi connectivity index (χ4v) is 2.23. The average Bonchev–Trinajstić information content (AvgIpc) is 2.46. The van der Waals surface area contributed by atoms with E-state index in [9.17, 15) is 4.79 Å². The molecule has 0 saturated heterocycles. The van der Waals surface area contributed by atoms with E-state index in [0.29, 0.717) is 17.7 Å². The molecule has 0 unspecified atom stereocenters. The second-order valence-corrected chi connectivity index (χ2v) is 5.08. The molecule has 0 aliphatic rings. The maximum absolute atomic E-state index is 11.0. The highest BCUT2D eigenvalue weighted by Crippen LogP contribution is 2.24. The number of primary amides is 1. The van der Waals surface area contributed by atoms with Crippen molar-refractivity contribution in [3.05, 3.63) is 63.6 Å². The first-order valence-electron chi connectivity index (χ1n) is 5.92. The Morgan fingerprint density at radius 3 is 2.50 bits per heavy atom. The number of benzene rings is 2. The molecule has 0 aliphatic carbocycles. The van der Waals surface area contributed by atoms with Gasteiger partial charge in [-0.05, 0) is 51.8 Å². The smallest absolute Gasteiger partial charge is 0.248 e. The van der Waals surface area contributed by atoms with E-state index in [4.69, 9.17) is 11.0 Å². The fraction of sp³-hybridized carbons (Fsp3) is 0.0667. The maximum atomic E-state index is 11.0. The Morgan fingerprint density at radius 1 is 1.25 bits per heavy atom. The number of nitrogens with zero attached hydrogens (tertiary/aromatic N) is 1. The molecule has 5 heteroatoms. The van der Waals surface area contributed by atoms with Crippen LogP contribution in [0.2, 0.25) is 0 Å². The lowest BCUT2D eigenvalue weighted by atomic mass is 10.1. The number of amides is 1. The molecule has 2 aromatic carbocycles. The van der Waals surface area contributed by atoms with Crippen molar-refractivity contribution in [3.8, 4) is 6.07 Å². The second kappa shape index (κ2) is 6.22. The SMILES string of the molecule is N#Cc1ccc(NCc2ccc(C(N)=O)cc2)c(Br)c1. The highest BCUT2D eigenvalue weighted by Gasteiger charge is 2.03. The van der Waals surface area contributed by atoms with Gasteiger partial charge in [0.05, 0.1) is 11.6 Å². The zero-order chi connectivity index (χ0) is 14.5. The lowest BCUT2D eigenvalue weighted by Crippen LogP contribution is -2.10. The van der Waals surface area contributed by atoms with E-state index in [1.165, 1.54) is 0 Å². The van der Waals surface area contributed by atoms with Crippen LogP contribution in [0.4, 0.5) is 5.69 Å². The number of rotatable bonds is 4. The van der Waals surface area contributed by atoms with Gasteiger partial charge in [0.15, 0.2) is 0 Å². The molecule has 0 spiro atoms. The van der Waals surface area contributed by atoms with Crippen LogP contribution in [-0.2, 0) is 6.54 Å². The molecule has 0 bridgehead atoms. The third-order valence-corrected chi connectivity index (χ3v) is 3.48. The summed E-state index contributed by atoms with van der Waals surface area (Å²) < 4.78 is 0.838. The molecule has 0 saturated carbocycles. The van der Waals surface area contributed by atoms with E-state index in [1.54, 1.807) is 24.3 Å². The first-order chi connectivity index (χ1) is 9.60. The highest BCUT2D eigenvalue weighted by molar-refractivity contribution is 9.10. The van der Waals surface area contributed by atoms with Crippen molar-refractivity contribution in [2.75, 3.05) is 5.32 Å². The molecule has 100 valence electrons. The normalized spacial score (nSPS) is 9.80. The van der Waals surface area contributed by atoms with Gasteiger partial charge < -0.3 is 11.1 Å². The van der Waals surface area contributed by atoms with Gasteiger partial charge in [-0.3, -0.25) is 4.79 Å². The number of carbonyl (C=O) groups is 1. The first kappa shape index (κ1) is 14.1. The maximum Gasteiger partial charge on any atom is 0.248 e. The number of hydrogen-bond donors (Lipinski definition) is 2. The van der Waals surface area contributed by atoms with Gasteiger partial charge in [-0.2, -0.15) is 5.26 Å². The van der Waals surface area contributed by atoms with E-state index >= 15 is 0 Å². The number of hydrogen-bond acceptors (Lipinski definition) is 3. The summed E-state index contributed by atoms with van der Waals surface area (Å²) in [5.41, 5.74) is 8.23. The Kier molecular flexibility index (Phi) is 4.38. The number of nitrogens with one attached hydrogen (secondary N) is 1. The summed E-state index contributed by atoms with van der Waals surface area (Å²) in [4.78, 5) is 11.0. The average molecular weight is 330 g/mol. The van der Waals surface area contributed by atoms with Crippen LogP contribution >= 0.6 is 15.9 Å². The van der Waals surface area contributed by atoms with Crippen LogP contribution in [0.25, 0.3) is 0 Å². The van der Waals surface area contributed by atoms with Gasteiger partial charge in [-0.25, -0.2) is 0 Å². The molecule has 3 N–H and O–H groups in total. The monoisotopic (exact) mass is 329 g/mol. The molecule has 1 amide bonds. The Balaban J connectivity index is 2.05. The predicted octanol–water partition coefficient (Wildman–Crippen LogP) is 3.03. The summed E-state index contributed by atoms with van der Waals surface area (Å²) in [5.74, 6) is -0.431. The van der Waals surface area contributed by atoms with Gasteiger partial charge in [0, 0.05) is 22.3 Å². The van der Waals surface area contributed by atoms with E-state index in [-0.39, 0.29) is 0 Å². The van der Waals surface area contributed by atoms with Crippen molar-refractivity contribution in [2.45, 2.75) is 6.54 Å². The van der Waals surface area contributed by atoms with Gasteiger partial charge >= 0.3 is 0 Å². The third-order valence-electron chi connectivity index (χ3n) is 2.82. The highest BCUT2D eigenvalue weighted by atomic mass is 79.9. The Labute approximate surface area is 125 Å². The van der Waals surface area contributed by atoms with E-state index in [2.05, 4.69) is 27.3 Å². The van der Waals surface area contributed by atoms with Crippen molar-refractivity contribution >= 4 is 27.5 Å². The third kappa shape index (κ3) is 3.37. The summed E-state index contributed by atoms with van der Waals surface area (Å²) in [5, 5.41) is 12.1. The largest absolute Gasteiger partial charge is 0.380 e. The minimum absolute atomic E-state index is 0.431. The number of anilines is 1. The van der Waals surface area contributed by atoms with Crippen LogP contribution < -0.4 is 11.1 Å². The quantitative estimate of drug-likeness (QED) is 0.904. The number of carbonyl (C=O) groups excluding carboxylic acids is 1. The van der Waals surface area contributed by atoms with Crippen LogP contribution in [0.5, 0.6) is 0 Å². The molecular formula is C15H12BrN3O. The molecule has 20 heavy (non-hydrogen) atoms. The van der Waals surface area contributed by atoms with Crippen molar-refractivity contribution in [2.24, 2.45) is 5.73 Å². The van der Waals surface area contributed by atoms with Gasteiger partial charge in [0.2, 0.25) is 5.91 Å². The summed E-state index contributed by atoms with van der Waals surface area (Å²) in [6.45, 7) is 0.615. The lowest BCUT2D eigenvalue weighted by Gasteiger charge is -2.09. The second-order valence-electron chi connectivity index (χ2n) is 4.22. The van der Waals surface area contributed by atoms with Crippen molar-refractivity contribution < 1.29 is 4.79 Å². The van der Waals surface area contributed by atoms with E-state index in [0.717, 1.165) is 15.7 Å². The number of halogens is 1. The van der Waals surface area contributed by atoms with Crippen LogP contribution in [-0.4, -0.2) is 5.91 Å². The number of nitrogens with two attached hydrogens (primary N) is 1. The van der Waals surface area contributed by atoms with Crippen molar-refractivity contribution in [3.63, 3.8) is 0 Å². The minimum atomic E-state index is -0.431. The molecular weight excluding hydrogens is 318 g/mol. The zero-order valence-corrected chi connectivity index (χ0v) is 12.1. The van der Waals surface area contributed by atoms with Crippen molar-refractivity contribution in [1.29, 1.82) is 5.26 Å². The van der Waals surface area contributed by atoms with E-state index < -0.39 is 5.91 Å². The van der Waals surface area contributed by atoms with Crippen LogP contribution in [0.3, 0.4) is 0 Å². The van der Waals surface area contributed by atoms with Gasteiger partial charge in [0.25, 0.3) is 0 Å². The first-order valence-corrected chi connectivity index (χ1v) is 6.71. The number of nitriles is 1. The topological polar surface area (TPSA) is 78.9 Å². The molecule has 0 radical (unpaired) electrons. The Hall–Kier alpha value is -2.32. The molecule has 0 aliphatic heterocycles. The Morgan fingerprint density at radius 2 is 1.95 bits per heavy atom. The van der Waals surface area contributed by atoms with Crippen molar-refractivity contribution in [1.82, 2.24) is 0 Å².